The molecule has 2 aromatic rings. The highest BCUT2D eigenvalue weighted by atomic mass is 32.1. The smallest absolute Gasteiger partial charge is 0.318 e. The molecule has 2 rings (SSSR count). The molecule has 0 aliphatic rings. The number of aromatic nitrogens is 1. The maximum Gasteiger partial charge on any atom is 0.318 e. The summed E-state index contributed by atoms with van der Waals surface area (Å²) in [6, 6.07) is 5.92. The molecule has 1 atom stereocenters. The number of thiazole rings is 1. The van der Waals surface area contributed by atoms with Crippen LogP contribution in [-0.2, 0) is 21.4 Å². The molecule has 0 saturated heterocycles. The predicted molar refractivity (Wildman–Crippen MR) is 79.6 cm³/mol. The van der Waals surface area contributed by atoms with Gasteiger partial charge in [0.15, 0.2) is 0 Å². The Labute approximate surface area is 126 Å². The summed E-state index contributed by atoms with van der Waals surface area (Å²) >= 11 is 1.44. The second-order valence-electron chi connectivity index (χ2n) is 4.67. The molecule has 0 saturated carbocycles. The van der Waals surface area contributed by atoms with Crippen molar-refractivity contribution in [3.05, 3.63) is 52.2 Å². The SMILES string of the molecule is CCOC(=O)C(CN)(Cc1cscn1)c1cccc(F)c1. The lowest BCUT2D eigenvalue weighted by Gasteiger charge is -2.30. The van der Waals surface area contributed by atoms with Gasteiger partial charge in [0, 0.05) is 18.3 Å². The van der Waals surface area contributed by atoms with Crippen molar-refractivity contribution >= 4 is 17.3 Å². The fourth-order valence-corrected chi connectivity index (χ4v) is 2.81. The third-order valence-corrected chi connectivity index (χ3v) is 3.99. The van der Waals surface area contributed by atoms with E-state index in [4.69, 9.17) is 10.5 Å². The third kappa shape index (κ3) is 3.28. The number of hydrogen-bond acceptors (Lipinski definition) is 5. The number of ether oxygens (including phenoxy) is 1. The van der Waals surface area contributed by atoms with Crippen molar-refractivity contribution in [1.82, 2.24) is 4.98 Å². The van der Waals surface area contributed by atoms with Gasteiger partial charge in [0.05, 0.1) is 17.8 Å². The van der Waals surface area contributed by atoms with Gasteiger partial charge in [-0.15, -0.1) is 11.3 Å². The van der Waals surface area contributed by atoms with E-state index in [0.29, 0.717) is 5.56 Å². The van der Waals surface area contributed by atoms with E-state index in [0.717, 1.165) is 5.69 Å². The maximum atomic E-state index is 13.6. The monoisotopic (exact) mass is 308 g/mol. The van der Waals surface area contributed by atoms with Crippen LogP contribution in [0, 0.1) is 5.82 Å². The summed E-state index contributed by atoms with van der Waals surface area (Å²) in [6.07, 6.45) is 0.287. The van der Waals surface area contributed by atoms with Gasteiger partial charge in [-0.3, -0.25) is 4.79 Å². The van der Waals surface area contributed by atoms with Crippen LogP contribution in [-0.4, -0.2) is 24.1 Å². The lowest BCUT2D eigenvalue weighted by Crippen LogP contribution is -2.46. The maximum absolute atomic E-state index is 13.6. The van der Waals surface area contributed by atoms with Gasteiger partial charge in [0.25, 0.3) is 0 Å². The molecule has 0 fully saturated rings. The lowest BCUT2D eigenvalue weighted by atomic mass is 9.76. The van der Waals surface area contributed by atoms with Gasteiger partial charge in [-0.2, -0.15) is 0 Å². The number of rotatable bonds is 6. The Morgan fingerprint density at radius 2 is 2.33 bits per heavy atom. The van der Waals surface area contributed by atoms with Gasteiger partial charge in [0.2, 0.25) is 0 Å². The average molecular weight is 308 g/mol. The van der Waals surface area contributed by atoms with Crippen molar-refractivity contribution in [2.24, 2.45) is 5.73 Å². The summed E-state index contributed by atoms with van der Waals surface area (Å²) in [5.74, 6) is -0.862. The minimum absolute atomic E-state index is 0.0206. The molecule has 1 unspecified atom stereocenters. The van der Waals surface area contributed by atoms with Crippen molar-refractivity contribution in [2.75, 3.05) is 13.2 Å². The number of carbonyl (C=O) groups excluding carboxylic acids is 1. The fourth-order valence-electron chi connectivity index (χ4n) is 2.25. The number of carbonyl (C=O) groups is 1. The first-order valence-corrected chi connectivity index (χ1v) is 7.57. The van der Waals surface area contributed by atoms with Crippen LogP contribution in [0.2, 0.25) is 0 Å². The van der Waals surface area contributed by atoms with Crippen LogP contribution in [0.4, 0.5) is 4.39 Å². The molecule has 1 aromatic carbocycles. The number of benzene rings is 1. The molecule has 0 aliphatic heterocycles. The quantitative estimate of drug-likeness (QED) is 0.832. The van der Waals surface area contributed by atoms with E-state index < -0.39 is 17.2 Å². The van der Waals surface area contributed by atoms with Gasteiger partial charge in [-0.25, -0.2) is 9.37 Å². The van der Waals surface area contributed by atoms with E-state index in [1.165, 1.54) is 23.5 Å². The van der Waals surface area contributed by atoms with Crippen LogP contribution in [0.15, 0.2) is 35.2 Å². The molecule has 2 N–H and O–H groups in total. The zero-order chi connectivity index (χ0) is 15.3. The van der Waals surface area contributed by atoms with Crippen LogP contribution < -0.4 is 5.73 Å². The Hall–Kier alpha value is -1.79. The highest BCUT2D eigenvalue weighted by Crippen LogP contribution is 2.30. The topological polar surface area (TPSA) is 65.2 Å². The number of hydrogen-bond donors (Lipinski definition) is 1. The number of nitrogens with zero attached hydrogens (tertiary/aromatic N) is 1. The second-order valence-corrected chi connectivity index (χ2v) is 5.39. The Balaban J connectivity index is 2.47. The van der Waals surface area contributed by atoms with Crippen LogP contribution >= 0.6 is 11.3 Å². The van der Waals surface area contributed by atoms with E-state index in [1.54, 1.807) is 24.6 Å². The molecule has 0 radical (unpaired) electrons. The molecular weight excluding hydrogens is 291 g/mol. The van der Waals surface area contributed by atoms with Crippen molar-refractivity contribution in [2.45, 2.75) is 18.8 Å². The van der Waals surface area contributed by atoms with Gasteiger partial charge in [-0.1, -0.05) is 12.1 Å². The lowest BCUT2D eigenvalue weighted by molar-refractivity contribution is -0.149. The van der Waals surface area contributed by atoms with Crippen LogP contribution in [0.1, 0.15) is 18.2 Å². The highest BCUT2D eigenvalue weighted by molar-refractivity contribution is 7.07. The largest absolute Gasteiger partial charge is 0.465 e. The van der Waals surface area contributed by atoms with Gasteiger partial charge >= 0.3 is 5.97 Å². The highest BCUT2D eigenvalue weighted by Gasteiger charge is 2.41. The number of nitrogens with two attached hydrogens (primary N) is 1. The summed E-state index contributed by atoms with van der Waals surface area (Å²) in [7, 11) is 0. The predicted octanol–water partition coefficient (Wildman–Crippen LogP) is 2.28. The first kappa shape index (κ1) is 15.6. The Bertz CT molecular complexity index is 603. The van der Waals surface area contributed by atoms with Gasteiger partial charge < -0.3 is 10.5 Å². The van der Waals surface area contributed by atoms with E-state index in [-0.39, 0.29) is 19.6 Å². The number of esters is 1. The van der Waals surface area contributed by atoms with E-state index in [9.17, 15) is 9.18 Å². The van der Waals surface area contributed by atoms with Crippen molar-refractivity contribution < 1.29 is 13.9 Å². The molecule has 21 heavy (non-hydrogen) atoms. The Morgan fingerprint density at radius 1 is 1.52 bits per heavy atom. The molecule has 112 valence electrons. The summed E-state index contributed by atoms with van der Waals surface area (Å²) in [5, 5.41) is 1.85. The van der Waals surface area contributed by atoms with Crippen molar-refractivity contribution in [3.63, 3.8) is 0 Å². The summed E-state index contributed by atoms with van der Waals surface area (Å²) in [5.41, 5.74) is 7.71. The minimum atomic E-state index is -1.12. The first-order chi connectivity index (χ1) is 10.1. The molecule has 0 amide bonds. The summed E-state index contributed by atoms with van der Waals surface area (Å²) in [6.45, 7) is 1.99. The molecule has 6 heteroatoms. The molecule has 0 spiro atoms. The molecule has 4 nitrogen and oxygen atoms in total. The van der Waals surface area contributed by atoms with E-state index in [1.807, 2.05) is 5.38 Å². The Kier molecular flexibility index (Phi) is 5.03. The molecule has 0 aliphatic carbocycles. The molecule has 0 bridgehead atoms. The Morgan fingerprint density at radius 3 is 2.90 bits per heavy atom. The summed E-state index contributed by atoms with van der Waals surface area (Å²) < 4.78 is 18.7. The van der Waals surface area contributed by atoms with Crippen molar-refractivity contribution in [1.29, 1.82) is 0 Å². The second kappa shape index (κ2) is 6.78. The van der Waals surface area contributed by atoms with E-state index >= 15 is 0 Å². The minimum Gasteiger partial charge on any atom is -0.465 e. The average Bonchev–Trinajstić information content (AvgIpc) is 2.98. The van der Waals surface area contributed by atoms with Crippen LogP contribution in [0.25, 0.3) is 0 Å². The zero-order valence-corrected chi connectivity index (χ0v) is 12.5. The van der Waals surface area contributed by atoms with Crippen LogP contribution in [0.3, 0.4) is 0 Å². The zero-order valence-electron chi connectivity index (χ0n) is 11.7. The van der Waals surface area contributed by atoms with Gasteiger partial charge in [-0.05, 0) is 24.6 Å². The normalized spacial score (nSPS) is 13.7. The molecule has 1 aromatic heterocycles. The fraction of sp³-hybridized carbons (Fsp3) is 0.333. The third-order valence-electron chi connectivity index (χ3n) is 3.36. The summed E-state index contributed by atoms with van der Waals surface area (Å²) in [4.78, 5) is 16.7. The molecule has 1 heterocycles. The first-order valence-electron chi connectivity index (χ1n) is 6.63. The van der Waals surface area contributed by atoms with Gasteiger partial charge in [0.1, 0.15) is 11.2 Å². The molecular formula is C15H17FN2O2S. The van der Waals surface area contributed by atoms with Crippen molar-refractivity contribution in [3.8, 4) is 0 Å². The van der Waals surface area contributed by atoms with E-state index in [2.05, 4.69) is 4.98 Å². The standard InChI is InChI=1S/C15H17FN2O2S/c1-2-20-14(19)15(9-17,7-13-8-21-10-18-13)11-4-3-5-12(16)6-11/h3-6,8,10H,2,7,9,17H2,1H3. The number of halogens is 1. The van der Waals surface area contributed by atoms with Crippen LogP contribution in [0.5, 0.6) is 0 Å².